The second kappa shape index (κ2) is 11.5. The summed E-state index contributed by atoms with van der Waals surface area (Å²) in [6, 6.07) is 19.8. The number of imide groups is 1. The number of carbonyl (C=O) groups excluding carboxylic acids is 2. The highest BCUT2D eigenvalue weighted by atomic mass is 35.5. The van der Waals surface area contributed by atoms with E-state index in [1.54, 1.807) is 45.0 Å². The fourth-order valence-corrected chi connectivity index (χ4v) is 5.49. The zero-order valence-corrected chi connectivity index (χ0v) is 23.5. The Labute approximate surface area is 236 Å². The van der Waals surface area contributed by atoms with Gasteiger partial charge in [-0.3, -0.25) is 10.1 Å². The van der Waals surface area contributed by atoms with E-state index in [1.807, 2.05) is 6.07 Å². The summed E-state index contributed by atoms with van der Waals surface area (Å²) in [6.07, 6.45) is 0. The third kappa shape index (κ3) is 6.25. The van der Waals surface area contributed by atoms with Gasteiger partial charge in [0.05, 0.1) is 14.8 Å². The summed E-state index contributed by atoms with van der Waals surface area (Å²) in [5, 5.41) is 5.68. The van der Waals surface area contributed by atoms with Crippen LogP contribution in [-0.4, -0.2) is 20.4 Å². The molecule has 0 aromatic heterocycles. The second-order valence-corrected chi connectivity index (χ2v) is 11.5. The molecule has 200 valence electrons. The van der Waals surface area contributed by atoms with Crippen molar-refractivity contribution in [3.05, 3.63) is 111 Å². The number of nitrogens with one attached hydrogen (secondary N) is 2. The van der Waals surface area contributed by atoms with Gasteiger partial charge in [0.15, 0.2) is 0 Å². The van der Waals surface area contributed by atoms with Crippen molar-refractivity contribution < 1.29 is 22.7 Å². The normalized spacial score (nSPS) is 11.1. The Morgan fingerprint density at radius 3 is 2.00 bits per heavy atom. The second-order valence-electron chi connectivity index (χ2n) is 8.76. The van der Waals surface area contributed by atoms with E-state index in [9.17, 15) is 18.0 Å². The molecule has 0 aliphatic carbocycles. The van der Waals surface area contributed by atoms with Gasteiger partial charge in [-0.25, -0.2) is 13.2 Å². The number of ether oxygens (including phenoxy) is 1. The lowest BCUT2D eigenvalue weighted by atomic mass is 10.1. The van der Waals surface area contributed by atoms with Crippen LogP contribution < -0.4 is 15.4 Å². The number of benzene rings is 4. The van der Waals surface area contributed by atoms with E-state index in [1.165, 1.54) is 48.5 Å². The Balaban J connectivity index is 1.49. The van der Waals surface area contributed by atoms with E-state index < -0.39 is 21.8 Å². The quantitative estimate of drug-likeness (QED) is 0.245. The van der Waals surface area contributed by atoms with Crippen molar-refractivity contribution in [3.63, 3.8) is 0 Å². The third-order valence-corrected chi connectivity index (χ3v) is 8.49. The van der Waals surface area contributed by atoms with Gasteiger partial charge in [-0.1, -0.05) is 41.4 Å². The molecule has 0 aliphatic rings. The molecule has 4 aromatic rings. The maximum Gasteiger partial charge on any atom is 0.326 e. The highest BCUT2D eigenvalue weighted by Gasteiger charge is 2.20. The summed E-state index contributed by atoms with van der Waals surface area (Å²) in [4.78, 5) is 25.2. The number of rotatable bonds is 6. The van der Waals surface area contributed by atoms with Gasteiger partial charge in [0, 0.05) is 16.3 Å². The summed E-state index contributed by atoms with van der Waals surface area (Å²) in [5.41, 5.74) is 2.69. The van der Waals surface area contributed by atoms with Crippen LogP contribution in [0.2, 0.25) is 10.0 Å². The Hall–Kier alpha value is -3.85. The molecule has 4 rings (SSSR count). The molecule has 4 aromatic carbocycles. The van der Waals surface area contributed by atoms with Gasteiger partial charge in [0.2, 0.25) is 9.84 Å². The number of anilines is 1. The average molecular weight is 583 g/mol. The number of halogens is 2. The van der Waals surface area contributed by atoms with Crippen molar-refractivity contribution in [1.82, 2.24) is 5.32 Å². The largest absolute Gasteiger partial charge is 0.456 e. The minimum absolute atomic E-state index is 0.0991. The fourth-order valence-electron chi connectivity index (χ4n) is 3.81. The summed E-state index contributed by atoms with van der Waals surface area (Å²) in [5.74, 6) is 0.203. The summed E-state index contributed by atoms with van der Waals surface area (Å²) in [7, 11) is -3.72. The standard InChI is InChI=1S/C29H24Cl2N2O5S/c1-17-6-4-5-7-24(17)28(34)33-29(35)32-25-16-18(2)27(26(31)19(25)3)38-21-10-14-23(15-11-21)39(36,37)22-12-8-20(30)9-13-22/h4-16H,1-3H3,(H2,32,33,34,35). The van der Waals surface area contributed by atoms with Crippen LogP contribution in [0.1, 0.15) is 27.0 Å². The van der Waals surface area contributed by atoms with Gasteiger partial charge in [-0.15, -0.1) is 0 Å². The summed E-state index contributed by atoms with van der Waals surface area (Å²) in [6.45, 7) is 5.24. The van der Waals surface area contributed by atoms with Gasteiger partial charge < -0.3 is 10.1 Å². The maximum absolute atomic E-state index is 12.9. The molecule has 0 bridgehead atoms. The van der Waals surface area contributed by atoms with E-state index in [-0.39, 0.29) is 14.8 Å². The molecule has 0 unspecified atom stereocenters. The van der Waals surface area contributed by atoms with Crippen LogP contribution >= 0.6 is 23.2 Å². The highest BCUT2D eigenvalue weighted by Crippen LogP contribution is 2.39. The monoisotopic (exact) mass is 582 g/mol. The molecule has 39 heavy (non-hydrogen) atoms. The van der Waals surface area contributed by atoms with E-state index in [0.717, 1.165) is 5.56 Å². The first-order valence-electron chi connectivity index (χ1n) is 11.7. The number of amides is 3. The molecule has 0 spiro atoms. The fraction of sp³-hybridized carbons (Fsp3) is 0.103. The average Bonchev–Trinajstić information content (AvgIpc) is 2.90. The molecule has 0 aliphatic heterocycles. The number of sulfone groups is 1. The molecular weight excluding hydrogens is 559 g/mol. The molecule has 2 N–H and O–H groups in total. The predicted molar refractivity (Wildman–Crippen MR) is 152 cm³/mol. The van der Waals surface area contributed by atoms with Gasteiger partial charge in [-0.05, 0) is 98.1 Å². The molecule has 0 radical (unpaired) electrons. The first-order valence-corrected chi connectivity index (χ1v) is 14.0. The van der Waals surface area contributed by atoms with Gasteiger partial charge in [0.25, 0.3) is 5.91 Å². The lowest BCUT2D eigenvalue weighted by molar-refractivity contribution is 0.0966. The molecule has 10 heteroatoms. The molecule has 0 saturated heterocycles. The molecular formula is C29H24Cl2N2O5S. The predicted octanol–water partition coefficient (Wildman–Crippen LogP) is 7.51. The van der Waals surface area contributed by atoms with Gasteiger partial charge >= 0.3 is 6.03 Å². The molecule has 0 saturated carbocycles. The Morgan fingerprint density at radius 2 is 1.38 bits per heavy atom. The number of hydrogen-bond acceptors (Lipinski definition) is 5. The van der Waals surface area contributed by atoms with E-state index in [4.69, 9.17) is 27.9 Å². The number of hydrogen-bond donors (Lipinski definition) is 2. The van der Waals surface area contributed by atoms with E-state index in [0.29, 0.717) is 38.9 Å². The summed E-state index contributed by atoms with van der Waals surface area (Å²) < 4.78 is 31.8. The van der Waals surface area contributed by atoms with Crippen LogP contribution in [0.3, 0.4) is 0 Å². The molecule has 3 amide bonds. The third-order valence-electron chi connectivity index (χ3n) is 5.99. The lowest BCUT2D eigenvalue weighted by Crippen LogP contribution is -2.34. The van der Waals surface area contributed by atoms with Crippen molar-refractivity contribution in [3.8, 4) is 11.5 Å². The summed E-state index contributed by atoms with van der Waals surface area (Å²) >= 11 is 12.5. The Morgan fingerprint density at radius 1 is 0.795 bits per heavy atom. The van der Waals surface area contributed by atoms with Crippen molar-refractivity contribution in [1.29, 1.82) is 0 Å². The Kier molecular flexibility index (Phi) is 8.30. The minimum Gasteiger partial charge on any atom is -0.456 e. The molecule has 0 heterocycles. The first kappa shape index (κ1) is 28.2. The number of urea groups is 1. The topological polar surface area (TPSA) is 102 Å². The Bertz CT molecular complexity index is 1670. The first-order chi connectivity index (χ1) is 18.5. The molecule has 0 fully saturated rings. The number of aryl methyl sites for hydroxylation is 2. The van der Waals surface area contributed by atoms with Crippen LogP contribution in [0.5, 0.6) is 11.5 Å². The van der Waals surface area contributed by atoms with Crippen molar-refractivity contribution in [2.45, 2.75) is 30.6 Å². The highest BCUT2D eigenvalue weighted by molar-refractivity contribution is 7.91. The van der Waals surface area contributed by atoms with Crippen LogP contribution in [0.25, 0.3) is 0 Å². The van der Waals surface area contributed by atoms with Crippen LogP contribution in [0.4, 0.5) is 10.5 Å². The van der Waals surface area contributed by atoms with Crippen molar-refractivity contribution in [2.75, 3.05) is 5.32 Å². The smallest absolute Gasteiger partial charge is 0.326 e. The minimum atomic E-state index is -3.72. The molecule has 7 nitrogen and oxygen atoms in total. The SMILES string of the molecule is Cc1ccccc1C(=O)NC(=O)Nc1cc(C)c(Oc2ccc(S(=O)(=O)c3ccc(Cl)cc3)cc2)c(Cl)c1C. The zero-order chi connectivity index (χ0) is 28.3. The van der Waals surface area contributed by atoms with Crippen LogP contribution in [-0.2, 0) is 9.84 Å². The zero-order valence-electron chi connectivity index (χ0n) is 21.2. The van der Waals surface area contributed by atoms with E-state index >= 15 is 0 Å². The van der Waals surface area contributed by atoms with E-state index in [2.05, 4.69) is 10.6 Å². The molecule has 0 atom stereocenters. The van der Waals surface area contributed by atoms with Gasteiger partial charge in [-0.2, -0.15) is 0 Å². The van der Waals surface area contributed by atoms with Crippen LogP contribution in [0.15, 0.2) is 88.7 Å². The lowest BCUT2D eigenvalue weighted by Gasteiger charge is -2.17. The van der Waals surface area contributed by atoms with Crippen molar-refractivity contribution in [2.24, 2.45) is 0 Å². The number of carbonyl (C=O) groups is 2. The van der Waals surface area contributed by atoms with Gasteiger partial charge in [0.1, 0.15) is 11.5 Å². The van der Waals surface area contributed by atoms with Crippen LogP contribution in [0, 0.1) is 20.8 Å². The van der Waals surface area contributed by atoms with Crippen molar-refractivity contribution >= 4 is 50.7 Å². The maximum atomic E-state index is 12.9.